The van der Waals surface area contributed by atoms with Gasteiger partial charge in [0, 0.05) is 37.9 Å². The van der Waals surface area contributed by atoms with Crippen LogP contribution in [0.4, 0.5) is 57.9 Å². The van der Waals surface area contributed by atoms with E-state index >= 15 is 0 Å². The first-order chi connectivity index (χ1) is 31.0. The number of sulfonamides is 2. The Bertz CT molecular complexity index is 3050. The van der Waals surface area contributed by atoms with E-state index < -0.39 is 98.1 Å². The highest BCUT2D eigenvalue weighted by atomic mass is 35.5. The van der Waals surface area contributed by atoms with E-state index in [4.69, 9.17) is 51.5 Å². The monoisotopic (exact) mass is 1080 g/mol. The number of carbonyl (C=O) groups is 2. The number of carboxylic acids is 1. The van der Waals surface area contributed by atoms with Gasteiger partial charge in [0.2, 0.25) is 0 Å². The normalized spacial score (nSPS) is 11.4. The van der Waals surface area contributed by atoms with Gasteiger partial charge in [-0.25, -0.2) is 40.4 Å². The van der Waals surface area contributed by atoms with E-state index in [0.717, 1.165) is 65.4 Å². The van der Waals surface area contributed by atoms with Gasteiger partial charge in [-0.15, -0.1) is 0 Å². The molecule has 0 unspecified atom stereocenters. The number of carboxylic acid groups (broad SMARTS) is 1. The van der Waals surface area contributed by atoms with Gasteiger partial charge in [-0.2, -0.15) is 26.3 Å². The fraction of sp³-hybridized carbons (Fsp3) is 0.122. The molecular formula is C41H32Cl4F8N6O7S2. The predicted octanol–water partition coefficient (Wildman–Crippen LogP) is 12.0. The van der Waals surface area contributed by atoms with Crippen molar-refractivity contribution in [2.75, 3.05) is 33.8 Å². The van der Waals surface area contributed by atoms with E-state index in [1.165, 1.54) is 37.4 Å². The molecule has 0 atom stereocenters. The average Bonchev–Trinajstić information content (AvgIpc) is 3.22. The van der Waals surface area contributed by atoms with Gasteiger partial charge in [0.1, 0.15) is 11.6 Å². The molecular weight excluding hydrogens is 1050 g/mol. The maximum Gasteiger partial charge on any atom is 0.417 e. The Morgan fingerprint density at radius 2 is 1.06 bits per heavy atom. The molecule has 4 aromatic carbocycles. The van der Waals surface area contributed by atoms with E-state index in [2.05, 4.69) is 15.3 Å². The summed E-state index contributed by atoms with van der Waals surface area (Å²) in [5.74, 6) is -3.20. The summed E-state index contributed by atoms with van der Waals surface area (Å²) < 4.78 is 158. The van der Waals surface area contributed by atoms with Crippen molar-refractivity contribution in [3.63, 3.8) is 0 Å². The number of hydrogen-bond donors (Lipinski definition) is 4. The predicted molar refractivity (Wildman–Crippen MR) is 242 cm³/mol. The summed E-state index contributed by atoms with van der Waals surface area (Å²) in [6.45, 7) is 0. The van der Waals surface area contributed by atoms with E-state index in [0.29, 0.717) is 12.1 Å². The second-order valence-corrected chi connectivity index (χ2v) is 18.1. The number of amides is 1. The lowest BCUT2D eigenvalue weighted by Gasteiger charge is -2.19. The molecule has 0 spiro atoms. The molecule has 0 bridgehead atoms. The molecule has 1 amide bonds. The summed E-state index contributed by atoms with van der Waals surface area (Å²) in [6.07, 6.45) is -7.70. The van der Waals surface area contributed by atoms with Crippen LogP contribution in [0.2, 0.25) is 20.1 Å². The zero-order valence-corrected chi connectivity index (χ0v) is 38.1. The van der Waals surface area contributed by atoms with E-state index in [-0.39, 0.29) is 34.7 Å². The van der Waals surface area contributed by atoms with Crippen molar-refractivity contribution in [2.24, 2.45) is 0 Å². The molecule has 68 heavy (non-hydrogen) atoms. The van der Waals surface area contributed by atoms with Gasteiger partial charge in [-0.1, -0.05) is 66.0 Å². The van der Waals surface area contributed by atoms with Crippen molar-refractivity contribution < 1.29 is 66.7 Å². The number of pyridine rings is 2. The minimum absolute atomic E-state index is 0. The third kappa shape index (κ3) is 15.0. The maximum absolute atomic E-state index is 13.5. The number of hydrogen-bond acceptors (Lipinski definition) is 9. The summed E-state index contributed by atoms with van der Waals surface area (Å²) in [4.78, 5) is 30.8. The molecule has 2 heterocycles. The summed E-state index contributed by atoms with van der Waals surface area (Å²) in [5.41, 5.74) is -3.72. The van der Waals surface area contributed by atoms with Crippen molar-refractivity contribution in [1.82, 2.24) is 9.97 Å². The fourth-order valence-electron chi connectivity index (χ4n) is 5.16. The van der Waals surface area contributed by atoms with E-state index in [9.17, 15) is 61.5 Å². The van der Waals surface area contributed by atoms with Crippen LogP contribution in [0, 0.1) is 11.6 Å². The van der Waals surface area contributed by atoms with E-state index in [1.807, 2.05) is 15.5 Å². The van der Waals surface area contributed by atoms with Crippen LogP contribution < -0.4 is 19.7 Å². The van der Waals surface area contributed by atoms with Gasteiger partial charge in [-0.05, 0) is 84.9 Å². The number of anilines is 4. The van der Waals surface area contributed by atoms with Crippen LogP contribution in [0.3, 0.4) is 0 Å². The molecule has 27 heteroatoms. The quantitative estimate of drug-likeness (QED) is 0.0962. The number of aromatic nitrogens is 2. The first kappa shape index (κ1) is 56.3. The minimum Gasteiger partial charge on any atom is -0.476 e. The molecule has 6 aromatic rings. The van der Waals surface area contributed by atoms with Crippen LogP contribution in [0.25, 0.3) is 0 Å². The molecule has 0 aliphatic heterocycles. The van der Waals surface area contributed by atoms with Crippen molar-refractivity contribution in [3.8, 4) is 0 Å². The molecule has 0 saturated carbocycles. The molecule has 4 N–H and O–H groups in total. The van der Waals surface area contributed by atoms with Crippen molar-refractivity contribution >= 4 is 101 Å². The van der Waals surface area contributed by atoms with Crippen LogP contribution >= 0.6 is 46.4 Å². The van der Waals surface area contributed by atoms with Crippen LogP contribution in [-0.2, 0) is 32.4 Å². The first-order valence-electron chi connectivity index (χ1n) is 17.8. The molecule has 13 nitrogen and oxygen atoms in total. The van der Waals surface area contributed by atoms with Gasteiger partial charge >= 0.3 is 18.3 Å². The highest BCUT2D eigenvalue weighted by Gasteiger charge is 2.36. The Hall–Kier alpha value is -5.98. The van der Waals surface area contributed by atoms with Crippen molar-refractivity contribution in [3.05, 3.63) is 164 Å². The van der Waals surface area contributed by atoms with Crippen LogP contribution in [-0.4, -0.2) is 57.9 Å². The second kappa shape index (κ2) is 22.9. The number of nitrogens with zero attached hydrogens (tertiary/aromatic N) is 3. The molecule has 0 aliphatic carbocycles. The Labute approximate surface area is 402 Å². The Kier molecular flexibility index (Phi) is 19.0. The lowest BCUT2D eigenvalue weighted by Crippen LogP contribution is -2.29. The third-order valence-electron chi connectivity index (χ3n) is 8.32. The van der Waals surface area contributed by atoms with Crippen LogP contribution in [0.15, 0.2) is 119 Å². The first-order valence-corrected chi connectivity index (χ1v) is 22.3. The van der Waals surface area contributed by atoms with Crippen molar-refractivity contribution in [2.45, 2.75) is 29.6 Å². The summed E-state index contributed by atoms with van der Waals surface area (Å²) in [7, 11) is -6.11. The summed E-state index contributed by atoms with van der Waals surface area (Å²) in [6, 6.07) is 17.4. The zero-order valence-electron chi connectivity index (χ0n) is 33.5. The largest absolute Gasteiger partial charge is 0.476 e. The summed E-state index contributed by atoms with van der Waals surface area (Å²) in [5, 5.41) is 10.3. The number of alkyl halides is 6. The van der Waals surface area contributed by atoms with Gasteiger partial charge in [0.15, 0.2) is 11.4 Å². The lowest BCUT2D eigenvalue weighted by atomic mass is 10.2. The SMILES string of the molecule is C.CN(C(=O)c1ncc(Cl)cc1NS(=O)(=O)c1ccc(Cl)c(C(F)(F)F)c1)c1cccc(F)c1.CNc1cccc(F)c1.O=C(O)c1ncc(Cl)cc1NS(=O)(=O)c1ccc(Cl)c(C(F)(F)F)c1. The van der Waals surface area contributed by atoms with Gasteiger partial charge < -0.3 is 15.3 Å². The molecule has 0 saturated heterocycles. The molecule has 0 radical (unpaired) electrons. The molecule has 0 fully saturated rings. The van der Waals surface area contributed by atoms with Gasteiger partial charge in [0.05, 0.1) is 52.4 Å². The smallest absolute Gasteiger partial charge is 0.417 e. The maximum atomic E-state index is 13.5. The third-order valence-corrected chi connectivity index (χ3v) is 12.1. The average molecular weight is 1080 g/mol. The topological polar surface area (TPSA) is 188 Å². The fourth-order valence-corrected chi connectivity index (χ4v) is 8.10. The number of carbonyl (C=O) groups excluding carboxylic acids is 1. The second-order valence-electron chi connectivity index (χ2n) is 13.0. The standard InChI is InChI=1S/C20H13Cl2F4N3O3S.C13H7Cl2F3N2O4S.C7H8FN.CH4/c1-29(13-4-2-3-12(23)8-13)19(30)18-17(7-11(21)10-27-18)28-33(31,32)14-5-6-16(22)15(9-14)20(24,25)26;14-6-3-10(11(12(21)22)19-5-6)20-25(23,24)7-1-2-9(15)8(4-7)13(16,17)18;1-9-7-4-2-3-6(8)5-7;/h2-10,28H,1H3;1-5,20H,(H,21,22);2-5,9H,1H3;1H4. The Balaban J connectivity index is 0.000000308. The highest BCUT2D eigenvalue weighted by molar-refractivity contribution is 7.93. The minimum atomic E-state index is -4.89. The highest BCUT2D eigenvalue weighted by Crippen LogP contribution is 2.38. The molecule has 0 aliphatic rings. The number of benzene rings is 4. The molecule has 6 rings (SSSR count). The Morgan fingerprint density at radius 1 is 0.632 bits per heavy atom. The summed E-state index contributed by atoms with van der Waals surface area (Å²) >= 11 is 22.5. The van der Waals surface area contributed by atoms with Gasteiger partial charge in [0.25, 0.3) is 26.0 Å². The van der Waals surface area contributed by atoms with Gasteiger partial charge in [-0.3, -0.25) is 14.2 Å². The van der Waals surface area contributed by atoms with Crippen LogP contribution in [0.1, 0.15) is 39.5 Å². The number of rotatable bonds is 10. The Morgan fingerprint density at radius 3 is 1.46 bits per heavy atom. The van der Waals surface area contributed by atoms with E-state index in [1.54, 1.807) is 13.1 Å². The van der Waals surface area contributed by atoms with Crippen molar-refractivity contribution in [1.29, 1.82) is 0 Å². The number of nitrogens with one attached hydrogen (secondary N) is 3. The van der Waals surface area contributed by atoms with Crippen LogP contribution in [0.5, 0.6) is 0 Å². The molecule has 2 aromatic heterocycles. The lowest BCUT2D eigenvalue weighted by molar-refractivity contribution is -0.138. The number of halogens is 12. The zero-order chi connectivity index (χ0) is 50.2. The molecule has 364 valence electrons. The number of aromatic carboxylic acids is 1.